The van der Waals surface area contributed by atoms with Crippen molar-refractivity contribution in [2.75, 3.05) is 23.6 Å². The summed E-state index contributed by atoms with van der Waals surface area (Å²) in [5.41, 5.74) is 3.67. The van der Waals surface area contributed by atoms with Crippen LogP contribution in [0.4, 0.5) is 11.4 Å². The molecule has 3 aliphatic rings. The molecule has 0 radical (unpaired) electrons. The van der Waals surface area contributed by atoms with E-state index >= 15 is 4.79 Å². The molecule has 4 aromatic carbocycles. The number of ether oxygens (including phenoxy) is 2. The van der Waals surface area contributed by atoms with E-state index in [1.54, 1.807) is 7.11 Å². The Labute approximate surface area is 289 Å². The summed E-state index contributed by atoms with van der Waals surface area (Å²) in [6.45, 7) is 7.13. The average molecular weight is 674 g/mol. The number of fused-ring (bicyclic) bond motifs is 2. The molecule has 1 N–H and O–H groups in total. The highest BCUT2D eigenvalue weighted by Gasteiger charge is 2.66. The molecule has 0 saturated carbocycles. The second kappa shape index (κ2) is 13.0. The van der Waals surface area contributed by atoms with E-state index in [9.17, 15) is 9.90 Å². The number of methoxy groups -OCH3 is 1. The predicted octanol–water partition coefficient (Wildman–Crippen LogP) is 6.37. The Balaban J connectivity index is 1.36. The van der Waals surface area contributed by atoms with Crippen LogP contribution in [0.3, 0.4) is 0 Å². The van der Waals surface area contributed by atoms with Crippen LogP contribution in [0.15, 0.2) is 108 Å². The number of benzene rings is 4. The molecule has 7 rings (SSSR count). The van der Waals surface area contributed by atoms with E-state index in [-0.39, 0.29) is 36.0 Å². The topological polar surface area (TPSA) is 91.7 Å². The second-order valence-corrected chi connectivity index (χ2v) is 18.6. The zero-order valence-electron chi connectivity index (χ0n) is 28.5. The van der Waals surface area contributed by atoms with E-state index in [2.05, 4.69) is 32.2 Å². The summed E-state index contributed by atoms with van der Waals surface area (Å²) in [6, 6.07) is 33.9. The third-order valence-corrected chi connectivity index (χ3v) is 15.2. The van der Waals surface area contributed by atoms with Crippen molar-refractivity contribution in [1.82, 2.24) is 0 Å². The molecule has 0 aliphatic carbocycles. The first-order valence-corrected chi connectivity index (χ1v) is 20.2. The Morgan fingerprint density at radius 3 is 2.31 bits per heavy atom. The number of carbonyl (C=O) groups excluding carboxylic acids is 2. The molecule has 9 heteroatoms. The van der Waals surface area contributed by atoms with Gasteiger partial charge in [0.2, 0.25) is 5.91 Å². The Morgan fingerprint density at radius 1 is 0.939 bits per heavy atom. The summed E-state index contributed by atoms with van der Waals surface area (Å²) in [6.07, 6.45) is 0.970. The predicted molar refractivity (Wildman–Crippen MR) is 195 cm³/mol. The number of aliphatic hydroxyl groups excluding tert-OH is 1. The molecular weight excluding hydrogens is 631 g/mol. The molecule has 252 valence electrons. The van der Waals surface area contributed by atoms with E-state index < -0.39 is 13.7 Å². The molecule has 1 spiro atoms. The van der Waals surface area contributed by atoms with E-state index in [0.717, 1.165) is 33.8 Å². The van der Waals surface area contributed by atoms with E-state index in [1.807, 2.05) is 95.9 Å². The van der Waals surface area contributed by atoms with Gasteiger partial charge in [0.25, 0.3) is 5.91 Å². The van der Waals surface area contributed by atoms with Gasteiger partial charge < -0.3 is 19.5 Å². The highest BCUT2D eigenvalue weighted by molar-refractivity contribution is 6.91. The molecule has 1 fully saturated rings. The van der Waals surface area contributed by atoms with Crippen molar-refractivity contribution < 1.29 is 24.2 Å². The summed E-state index contributed by atoms with van der Waals surface area (Å²) in [5.74, 6) is 0.362. The van der Waals surface area contributed by atoms with Crippen LogP contribution in [0.1, 0.15) is 42.9 Å². The van der Waals surface area contributed by atoms with Crippen LogP contribution < -0.4 is 19.8 Å². The lowest BCUT2D eigenvalue weighted by Crippen LogP contribution is -2.51. The van der Waals surface area contributed by atoms with E-state index in [1.165, 1.54) is 10.2 Å². The van der Waals surface area contributed by atoms with Gasteiger partial charge in [-0.1, -0.05) is 98.0 Å². The van der Waals surface area contributed by atoms with Crippen molar-refractivity contribution >= 4 is 42.2 Å². The zero-order valence-corrected chi connectivity index (χ0v) is 29.5. The van der Waals surface area contributed by atoms with E-state index in [4.69, 9.17) is 14.6 Å². The molecule has 49 heavy (non-hydrogen) atoms. The number of amides is 2. The number of carbonyl (C=O) groups is 2. The van der Waals surface area contributed by atoms with Gasteiger partial charge in [0.05, 0.1) is 44.9 Å². The molecule has 3 heterocycles. The highest BCUT2D eigenvalue weighted by atomic mass is 28.3. The number of hydrogen-bond donors (Lipinski definition) is 1. The average Bonchev–Trinajstić information content (AvgIpc) is 3.55. The fourth-order valence-electron chi connectivity index (χ4n) is 8.35. The van der Waals surface area contributed by atoms with Crippen molar-refractivity contribution in [1.29, 1.82) is 0 Å². The summed E-state index contributed by atoms with van der Waals surface area (Å²) >= 11 is 0. The Bertz CT molecular complexity index is 1880. The van der Waals surface area contributed by atoms with Crippen LogP contribution in [0.2, 0.25) is 18.6 Å². The molecule has 0 aromatic heterocycles. The third-order valence-electron chi connectivity index (χ3n) is 10.8. The van der Waals surface area contributed by atoms with Gasteiger partial charge in [-0.25, -0.2) is 5.01 Å². The van der Waals surface area contributed by atoms with Gasteiger partial charge in [-0.2, -0.15) is 5.10 Å². The van der Waals surface area contributed by atoms with Gasteiger partial charge in [-0.05, 0) is 53.4 Å². The lowest BCUT2D eigenvalue weighted by atomic mass is 9.82. The second-order valence-electron chi connectivity index (χ2n) is 13.9. The fourth-order valence-corrected chi connectivity index (χ4v) is 12.4. The number of rotatable bonds is 9. The number of hydrazone groups is 1. The summed E-state index contributed by atoms with van der Waals surface area (Å²) in [5, 5.41) is 17.9. The monoisotopic (exact) mass is 673 g/mol. The fraction of sp³-hybridized carbons (Fsp3) is 0.325. The largest absolute Gasteiger partial charge is 0.497 e. The number of anilines is 2. The minimum absolute atomic E-state index is 0.00417. The third kappa shape index (κ3) is 5.59. The Kier molecular flexibility index (Phi) is 8.77. The summed E-state index contributed by atoms with van der Waals surface area (Å²) in [4.78, 5) is 30.3. The smallest absolute Gasteiger partial charge is 0.264 e. The van der Waals surface area contributed by atoms with E-state index in [0.29, 0.717) is 31.5 Å². The molecule has 1 saturated heterocycles. The Morgan fingerprint density at radius 2 is 1.63 bits per heavy atom. The van der Waals surface area contributed by atoms with Gasteiger partial charge in [0, 0.05) is 30.9 Å². The van der Waals surface area contributed by atoms with Crippen LogP contribution in [0.5, 0.6) is 5.75 Å². The quantitative estimate of drug-likeness (QED) is 0.209. The first kappa shape index (κ1) is 32.9. The van der Waals surface area contributed by atoms with Crippen molar-refractivity contribution in [3.8, 4) is 5.75 Å². The van der Waals surface area contributed by atoms with Crippen LogP contribution in [0.25, 0.3) is 0 Å². The summed E-state index contributed by atoms with van der Waals surface area (Å²) in [7, 11) is -0.676. The van der Waals surface area contributed by atoms with Crippen molar-refractivity contribution in [3.05, 3.63) is 120 Å². The molecule has 2 amide bonds. The maximum Gasteiger partial charge on any atom is 0.264 e. The van der Waals surface area contributed by atoms with Crippen molar-refractivity contribution in [2.24, 2.45) is 11.0 Å². The van der Waals surface area contributed by atoms with Crippen LogP contribution in [0, 0.1) is 5.92 Å². The lowest BCUT2D eigenvalue weighted by Gasteiger charge is -2.37. The molecule has 4 atom stereocenters. The number of aliphatic hydroxyl groups is 1. The number of hydrogen-bond acceptors (Lipinski definition) is 6. The maximum atomic E-state index is 15.1. The minimum atomic E-state index is -2.34. The Hall–Kier alpha value is -4.57. The molecule has 3 aliphatic heterocycles. The maximum absolute atomic E-state index is 15.1. The standard InChI is InChI=1S/C40H43N3O5Si/c1-27-38(49(3,4)32-18-16-31(47-2)17-19-32)36(23-24-44)48-40(27)33-25-30(43-37(45)22-20-34(41-43)29-13-9-6-10-14-29)15-21-35(33)42(39(40)46)26-28-11-7-5-8-12-28/h5-19,21,25,27,36,38,44H,20,22-24,26H2,1-4H3/t27-,36+,38-,40+/m1/s1. The molecule has 4 aromatic rings. The number of nitrogens with zero attached hydrogens (tertiary/aromatic N) is 3. The van der Waals surface area contributed by atoms with Gasteiger partial charge in [0.15, 0.2) is 5.60 Å². The van der Waals surface area contributed by atoms with Crippen molar-refractivity contribution in [3.63, 3.8) is 0 Å². The summed E-state index contributed by atoms with van der Waals surface area (Å²) < 4.78 is 12.6. The SMILES string of the molecule is COc1ccc([Si](C)(C)[C@H]2[C@H](CCO)O[C@@]3(C(=O)N(Cc4ccccc4)c4ccc(N5N=C(c6ccccc6)CCC5=O)cc43)[C@@H]2C)cc1. The van der Waals surface area contributed by atoms with Crippen LogP contribution in [-0.2, 0) is 26.5 Å². The first-order valence-electron chi connectivity index (χ1n) is 17.1. The zero-order chi connectivity index (χ0) is 34.3. The van der Waals surface area contributed by atoms with Crippen LogP contribution >= 0.6 is 0 Å². The van der Waals surface area contributed by atoms with Gasteiger partial charge in [0.1, 0.15) is 5.75 Å². The lowest BCUT2D eigenvalue weighted by molar-refractivity contribution is -0.146. The van der Waals surface area contributed by atoms with Gasteiger partial charge >= 0.3 is 0 Å². The molecular formula is C40H43N3O5Si. The highest BCUT2D eigenvalue weighted by Crippen LogP contribution is 2.60. The molecule has 0 unspecified atom stereocenters. The van der Waals surface area contributed by atoms with Crippen LogP contribution in [-0.4, -0.2) is 50.5 Å². The molecule has 8 nitrogen and oxygen atoms in total. The normalized spacial score (nSPS) is 23.6. The van der Waals surface area contributed by atoms with Gasteiger partial charge in [-0.15, -0.1) is 0 Å². The first-order chi connectivity index (χ1) is 23.7. The van der Waals surface area contributed by atoms with Crippen molar-refractivity contribution in [2.45, 2.75) is 63.1 Å². The minimum Gasteiger partial charge on any atom is -0.497 e. The molecule has 0 bridgehead atoms. The van der Waals surface area contributed by atoms with Gasteiger partial charge in [-0.3, -0.25) is 9.59 Å².